The Balaban J connectivity index is 1.97. The Hall–Kier alpha value is -1.24. The number of thiophene rings is 1. The lowest BCUT2D eigenvalue weighted by Crippen LogP contribution is -1.80. The topological polar surface area (TPSA) is 23.8 Å². The Morgan fingerprint density at radius 1 is 1.20 bits per heavy atom. The lowest BCUT2D eigenvalue weighted by atomic mass is 10.2. The van der Waals surface area contributed by atoms with Crippen LogP contribution in [0.4, 0.5) is 0 Å². The second-order valence-electron chi connectivity index (χ2n) is 3.03. The van der Waals surface area contributed by atoms with Gasteiger partial charge >= 0.3 is 0 Å². The Morgan fingerprint density at radius 2 is 2.00 bits per heavy atom. The molecule has 0 spiro atoms. The van der Waals surface area contributed by atoms with Gasteiger partial charge in [-0.15, -0.1) is 23.1 Å². The van der Waals surface area contributed by atoms with Crippen LogP contribution in [-0.4, -0.2) is 0 Å². The summed E-state index contributed by atoms with van der Waals surface area (Å²) in [5.41, 5.74) is 1.98. The van der Waals surface area contributed by atoms with Gasteiger partial charge < -0.3 is 0 Å². The molecule has 74 valence electrons. The van der Waals surface area contributed by atoms with Crippen LogP contribution in [-0.2, 0) is 5.75 Å². The fourth-order valence-corrected chi connectivity index (χ4v) is 2.92. The van der Waals surface area contributed by atoms with Crippen molar-refractivity contribution in [2.75, 3.05) is 0 Å². The van der Waals surface area contributed by atoms with Crippen LogP contribution in [0, 0.1) is 11.3 Å². The molecule has 0 aliphatic carbocycles. The zero-order chi connectivity index (χ0) is 10.5. The van der Waals surface area contributed by atoms with E-state index in [1.807, 2.05) is 36.0 Å². The average Bonchev–Trinajstić information content (AvgIpc) is 2.80. The molecule has 0 unspecified atom stereocenters. The van der Waals surface area contributed by atoms with Gasteiger partial charge in [0, 0.05) is 5.75 Å². The molecule has 1 heterocycles. The van der Waals surface area contributed by atoms with Crippen molar-refractivity contribution in [3.8, 4) is 6.07 Å². The van der Waals surface area contributed by atoms with E-state index in [4.69, 9.17) is 5.26 Å². The Morgan fingerprint density at radius 3 is 2.60 bits per heavy atom. The van der Waals surface area contributed by atoms with Crippen LogP contribution >= 0.6 is 23.1 Å². The van der Waals surface area contributed by atoms with E-state index in [1.165, 1.54) is 9.77 Å². The third-order valence-corrected chi connectivity index (χ3v) is 4.16. The van der Waals surface area contributed by atoms with E-state index in [0.717, 1.165) is 11.3 Å². The molecule has 2 rings (SSSR count). The fraction of sp³-hybridized carbons (Fsp3) is 0.0833. The summed E-state index contributed by atoms with van der Waals surface area (Å²) in [6.07, 6.45) is 0. The van der Waals surface area contributed by atoms with Crippen molar-refractivity contribution in [2.45, 2.75) is 9.96 Å². The number of rotatable bonds is 3. The van der Waals surface area contributed by atoms with Gasteiger partial charge in [-0.25, -0.2) is 0 Å². The highest BCUT2D eigenvalue weighted by Crippen LogP contribution is 2.26. The summed E-state index contributed by atoms with van der Waals surface area (Å²) in [6.45, 7) is 0. The van der Waals surface area contributed by atoms with Crippen molar-refractivity contribution in [2.24, 2.45) is 0 Å². The molecular formula is C12H9NS2. The van der Waals surface area contributed by atoms with Gasteiger partial charge in [0.15, 0.2) is 0 Å². The monoisotopic (exact) mass is 231 g/mol. The molecule has 0 radical (unpaired) electrons. The molecule has 0 fully saturated rings. The zero-order valence-corrected chi connectivity index (χ0v) is 9.65. The van der Waals surface area contributed by atoms with E-state index in [9.17, 15) is 0 Å². The van der Waals surface area contributed by atoms with E-state index in [1.54, 1.807) is 11.3 Å². The van der Waals surface area contributed by atoms with Crippen molar-refractivity contribution >= 4 is 23.1 Å². The first-order valence-corrected chi connectivity index (χ1v) is 6.40. The molecule has 1 nitrogen and oxygen atoms in total. The molecule has 0 saturated heterocycles. The van der Waals surface area contributed by atoms with Crippen LogP contribution in [0.3, 0.4) is 0 Å². The summed E-state index contributed by atoms with van der Waals surface area (Å²) in [6, 6.07) is 14.1. The van der Waals surface area contributed by atoms with Gasteiger partial charge in [0.05, 0.1) is 15.8 Å². The fourth-order valence-electron chi connectivity index (χ4n) is 1.18. The second kappa shape index (κ2) is 5.01. The quantitative estimate of drug-likeness (QED) is 0.748. The lowest BCUT2D eigenvalue weighted by Gasteiger charge is -1.99. The van der Waals surface area contributed by atoms with E-state index in [0.29, 0.717) is 0 Å². The molecule has 0 N–H and O–H groups in total. The Labute approximate surface area is 97.4 Å². The number of hydrogen-bond donors (Lipinski definition) is 0. The number of nitriles is 1. The summed E-state index contributed by atoms with van der Waals surface area (Å²) < 4.78 is 1.33. The largest absolute Gasteiger partial charge is 0.192 e. The summed E-state index contributed by atoms with van der Waals surface area (Å²) >= 11 is 3.59. The van der Waals surface area contributed by atoms with Crippen molar-refractivity contribution in [3.63, 3.8) is 0 Å². The normalized spacial score (nSPS) is 9.80. The minimum Gasteiger partial charge on any atom is -0.192 e. The van der Waals surface area contributed by atoms with Gasteiger partial charge in [0.1, 0.15) is 0 Å². The highest BCUT2D eigenvalue weighted by molar-refractivity contribution is 8.00. The first kappa shape index (κ1) is 10.3. The van der Waals surface area contributed by atoms with Gasteiger partial charge in [-0.1, -0.05) is 18.2 Å². The van der Waals surface area contributed by atoms with Gasteiger partial charge in [0.2, 0.25) is 0 Å². The molecule has 1 aromatic carbocycles. The summed E-state index contributed by atoms with van der Waals surface area (Å²) in [7, 11) is 0. The maximum absolute atomic E-state index is 8.66. The first-order valence-electron chi connectivity index (χ1n) is 4.54. The van der Waals surface area contributed by atoms with Crippen molar-refractivity contribution in [3.05, 3.63) is 52.9 Å². The average molecular weight is 231 g/mol. The molecule has 0 atom stereocenters. The molecule has 0 amide bonds. The van der Waals surface area contributed by atoms with Crippen LogP contribution in [0.15, 0.2) is 46.0 Å². The smallest absolute Gasteiger partial charge is 0.0991 e. The third kappa shape index (κ3) is 2.85. The molecule has 0 aliphatic heterocycles. The second-order valence-corrected chi connectivity index (χ2v) is 5.25. The molecule has 0 saturated carbocycles. The zero-order valence-electron chi connectivity index (χ0n) is 8.01. The SMILES string of the molecule is N#Cc1ccc(CSc2cccs2)cc1. The predicted molar refractivity (Wildman–Crippen MR) is 65.0 cm³/mol. The predicted octanol–water partition coefficient (Wildman–Crippen LogP) is 3.91. The number of benzene rings is 1. The summed E-state index contributed by atoms with van der Waals surface area (Å²) in [5.74, 6) is 0.965. The van der Waals surface area contributed by atoms with Crippen LogP contribution in [0.1, 0.15) is 11.1 Å². The van der Waals surface area contributed by atoms with Gasteiger partial charge in [0.25, 0.3) is 0 Å². The van der Waals surface area contributed by atoms with Crippen LogP contribution in [0.5, 0.6) is 0 Å². The molecular weight excluding hydrogens is 222 g/mol. The highest BCUT2D eigenvalue weighted by Gasteiger charge is 1.97. The maximum atomic E-state index is 8.66. The van der Waals surface area contributed by atoms with Crippen molar-refractivity contribution < 1.29 is 0 Å². The van der Waals surface area contributed by atoms with Crippen LogP contribution < -0.4 is 0 Å². The van der Waals surface area contributed by atoms with E-state index < -0.39 is 0 Å². The van der Waals surface area contributed by atoms with E-state index >= 15 is 0 Å². The summed E-state index contributed by atoms with van der Waals surface area (Å²) in [5, 5.41) is 10.7. The molecule has 0 bridgehead atoms. The van der Waals surface area contributed by atoms with Gasteiger partial charge in [-0.05, 0) is 29.1 Å². The third-order valence-electron chi connectivity index (χ3n) is 1.96. The number of hydrogen-bond acceptors (Lipinski definition) is 3. The molecule has 3 heteroatoms. The van der Waals surface area contributed by atoms with Crippen molar-refractivity contribution in [1.29, 1.82) is 5.26 Å². The van der Waals surface area contributed by atoms with E-state index in [-0.39, 0.29) is 0 Å². The number of thioether (sulfide) groups is 1. The molecule has 0 aliphatic rings. The van der Waals surface area contributed by atoms with Crippen LogP contribution in [0.2, 0.25) is 0 Å². The standard InChI is InChI=1S/C12H9NS2/c13-8-10-3-5-11(6-4-10)9-15-12-2-1-7-14-12/h1-7H,9H2. The molecule has 2 aromatic rings. The Kier molecular flexibility index (Phi) is 3.44. The highest BCUT2D eigenvalue weighted by atomic mass is 32.2. The molecule has 15 heavy (non-hydrogen) atoms. The van der Waals surface area contributed by atoms with Gasteiger partial charge in [-0.2, -0.15) is 5.26 Å². The lowest BCUT2D eigenvalue weighted by molar-refractivity contribution is 1.39. The molecule has 1 aromatic heterocycles. The Bertz CT molecular complexity index is 451. The van der Waals surface area contributed by atoms with Crippen LogP contribution in [0.25, 0.3) is 0 Å². The van der Waals surface area contributed by atoms with E-state index in [2.05, 4.69) is 23.6 Å². The minimum atomic E-state index is 0.722. The van der Waals surface area contributed by atoms with Gasteiger partial charge in [-0.3, -0.25) is 0 Å². The first-order chi connectivity index (χ1) is 7.38. The summed E-state index contributed by atoms with van der Waals surface area (Å²) in [4.78, 5) is 0. The number of nitrogens with zero attached hydrogens (tertiary/aromatic N) is 1. The minimum absolute atomic E-state index is 0.722. The van der Waals surface area contributed by atoms with Crippen molar-refractivity contribution in [1.82, 2.24) is 0 Å². The maximum Gasteiger partial charge on any atom is 0.0991 e.